The van der Waals surface area contributed by atoms with E-state index in [2.05, 4.69) is 21.9 Å². The lowest BCUT2D eigenvalue weighted by atomic mass is 10.2. The van der Waals surface area contributed by atoms with Gasteiger partial charge in [0.25, 0.3) is 0 Å². The van der Waals surface area contributed by atoms with Gasteiger partial charge in [-0.25, -0.2) is 9.97 Å². The predicted molar refractivity (Wildman–Crippen MR) is 68.8 cm³/mol. The fraction of sp³-hybridized carbons (Fsp3) is 0.250. The van der Waals surface area contributed by atoms with Gasteiger partial charge in [0, 0.05) is 16.8 Å². The number of nitrogen functional groups attached to an aromatic ring is 1. The number of rotatable bonds is 4. The maximum Gasteiger partial charge on any atom is 0.116 e. The Hall–Kier alpha value is -1.62. The summed E-state index contributed by atoms with van der Waals surface area (Å²) < 4.78 is 0. The van der Waals surface area contributed by atoms with Crippen molar-refractivity contribution in [3.63, 3.8) is 0 Å². The molecule has 0 saturated heterocycles. The van der Waals surface area contributed by atoms with Crippen molar-refractivity contribution in [2.75, 3.05) is 5.73 Å². The molecule has 0 aliphatic carbocycles. The highest BCUT2D eigenvalue weighted by molar-refractivity contribution is 7.99. The van der Waals surface area contributed by atoms with E-state index in [0.29, 0.717) is 5.69 Å². The van der Waals surface area contributed by atoms with Crippen molar-refractivity contribution in [1.29, 1.82) is 0 Å². The molecule has 0 atom stereocenters. The van der Waals surface area contributed by atoms with Crippen LogP contribution in [0.2, 0.25) is 0 Å². The maximum atomic E-state index is 5.84. The molecule has 0 aliphatic rings. The highest BCUT2D eigenvalue weighted by Gasteiger charge is 2.04. The number of hydrogen-bond acceptors (Lipinski definition) is 5. The zero-order chi connectivity index (χ0) is 12.1. The van der Waals surface area contributed by atoms with Crippen molar-refractivity contribution < 1.29 is 0 Å². The van der Waals surface area contributed by atoms with Crippen molar-refractivity contribution in [2.45, 2.75) is 29.7 Å². The van der Waals surface area contributed by atoms with E-state index < -0.39 is 0 Å². The Morgan fingerprint density at radius 1 is 1.35 bits per heavy atom. The van der Waals surface area contributed by atoms with Crippen LogP contribution in [0.5, 0.6) is 0 Å². The van der Waals surface area contributed by atoms with Crippen LogP contribution in [0.3, 0.4) is 0 Å². The van der Waals surface area contributed by atoms with Crippen LogP contribution in [0.1, 0.15) is 19.0 Å². The summed E-state index contributed by atoms with van der Waals surface area (Å²) in [6, 6.07) is 3.90. The first-order chi connectivity index (χ1) is 8.29. The van der Waals surface area contributed by atoms with E-state index in [1.807, 2.05) is 12.1 Å². The zero-order valence-corrected chi connectivity index (χ0v) is 10.4. The number of nitrogens with two attached hydrogens (primary N) is 1. The molecule has 2 rings (SSSR count). The SMILES string of the molecule is CCCc1cc(Sc2ccncc2N)ncn1. The molecule has 0 spiro atoms. The first kappa shape index (κ1) is 11.9. The van der Waals surface area contributed by atoms with Gasteiger partial charge in [-0.1, -0.05) is 25.1 Å². The minimum absolute atomic E-state index is 0.674. The summed E-state index contributed by atoms with van der Waals surface area (Å²) in [6.07, 6.45) is 7.04. The van der Waals surface area contributed by atoms with Crippen LogP contribution >= 0.6 is 11.8 Å². The van der Waals surface area contributed by atoms with Crippen LogP contribution in [-0.2, 0) is 6.42 Å². The summed E-state index contributed by atoms with van der Waals surface area (Å²) in [5.41, 5.74) is 7.58. The van der Waals surface area contributed by atoms with E-state index in [9.17, 15) is 0 Å². The molecule has 2 heterocycles. The fourth-order valence-corrected chi connectivity index (χ4v) is 2.24. The smallest absolute Gasteiger partial charge is 0.116 e. The number of anilines is 1. The van der Waals surface area contributed by atoms with Crippen LogP contribution in [0.4, 0.5) is 5.69 Å². The van der Waals surface area contributed by atoms with Gasteiger partial charge >= 0.3 is 0 Å². The van der Waals surface area contributed by atoms with Gasteiger partial charge in [-0.3, -0.25) is 4.98 Å². The highest BCUT2D eigenvalue weighted by Crippen LogP contribution is 2.29. The summed E-state index contributed by atoms with van der Waals surface area (Å²) in [4.78, 5) is 13.4. The molecule has 5 heteroatoms. The van der Waals surface area contributed by atoms with Gasteiger partial charge in [0.15, 0.2) is 0 Å². The van der Waals surface area contributed by atoms with Gasteiger partial charge in [-0.2, -0.15) is 0 Å². The third-order valence-corrected chi connectivity index (χ3v) is 3.25. The first-order valence-corrected chi connectivity index (χ1v) is 6.29. The van der Waals surface area contributed by atoms with Crippen LogP contribution in [-0.4, -0.2) is 15.0 Å². The molecule has 0 fully saturated rings. The molecule has 0 amide bonds. The average molecular weight is 246 g/mol. The van der Waals surface area contributed by atoms with Crippen molar-refractivity contribution in [3.05, 3.63) is 36.5 Å². The quantitative estimate of drug-likeness (QED) is 0.840. The van der Waals surface area contributed by atoms with E-state index >= 15 is 0 Å². The Morgan fingerprint density at radius 2 is 2.24 bits per heavy atom. The summed E-state index contributed by atoms with van der Waals surface area (Å²) in [5.74, 6) is 0. The average Bonchev–Trinajstić information content (AvgIpc) is 2.33. The molecule has 0 aromatic carbocycles. The Bertz CT molecular complexity index is 501. The normalized spacial score (nSPS) is 10.4. The number of pyridine rings is 1. The summed E-state index contributed by atoms with van der Waals surface area (Å²) in [7, 11) is 0. The molecule has 0 saturated carbocycles. The van der Waals surface area contributed by atoms with E-state index in [-0.39, 0.29) is 0 Å². The molecule has 0 unspecified atom stereocenters. The lowest BCUT2D eigenvalue weighted by Gasteiger charge is -2.04. The van der Waals surface area contributed by atoms with Crippen LogP contribution < -0.4 is 5.73 Å². The van der Waals surface area contributed by atoms with Crippen LogP contribution in [0.15, 0.2) is 40.8 Å². The molecule has 88 valence electrons. The molecule has 0 radical (unpaired) electrons. The lowest BCUT2D eigenvalue weighted by molar-refractivity contribution is 0.854. The second kappa shape index (κ2) is 5.63. The van der Waals surface area contributed by atoms with Gasteiger partial charge in [-0.15, -0.1) is 0 Å². The number of aromatic nitrogens is 3. The minimum Gasteiger partial charge on any atom is -0.397 e. The maximum absolute atomic E-state index is 5.84. The second-order valence-corrected chi connectivity index (χ2v) is 4.68. The van der Waals surface area contributed by atoms with Gasteiger partial charge in [0.2, 0.25) is 0 Å². The Kier molecular flexibility index (Phi) is 3.93. The standard InChI is InChI=1S/C12H14N4S/c1-2-3-9-6-12(16-8-15-9)17-11-4-5-14-7-10(11)13/h4-8H,2-3,13H2,1H3. The van der Waals surface area contributed by atoms with Crippen LogP contribution in [0.25, 0.3) is 0 Å². The van der Waals surface area contributed by atoms with Crippen molar-refractivity contribution >= 4 is 17.4 Å². The van der Waals surface area contributed by atoms with Crippen molar-refractivity contribution in [2.24, 2.45) is 0 Å². The van der Waals surface area contributed by atoms with Crippen molar-refractivity contribution in [1.82, 2.24) is 15.0 Å². The molecule has 4 nitrogen and oxygen atoms in total. The van der Waals surface area contributed by atoms with Crippen LogP contribution in [0, 0.1) is 0 Å². The molecule has 17 heavy (non-hydrogen) atoms. The Balaban J connectivity index is 2.18. The first-order valence-electron chi connectivity index (χ1n) is 5.48. The topological polar surface area (TPSA) is 64.7 Å². The summed E-state index contributed by atoms with van der Waals surface area (Å²) in [5, 5.41) is 0.918. The molecule has 2 N–H and O–H groups in total. The fourth-order valence-electron chi connectivity index (χ4n) is 1.43. The van der Waals surface area contributed by atoms with Crippen molar-refractivity contribution in [3.8, 4) is 0 Å². The summed E-state index contributed by atoms with van der Waals surface area (Å²) >= 11 is 1.54. The second-order valence-electron chi connectivity index (χ2n) is 3.61. The number of hydrogen-bond donors (Lipinski definition) is 1. The van der Waals surface area contributed by atoms with Gasteiger partial charge in [0.05, 0.1) is 11.9 Å². The van der Waals surface area contributed by atoms with E-state index in [1.165, 1.54) is 11.8 Å². The Morgan fingerprint density at radius 3 is 3.00 bits per heavy atom. The number of nitrogens with zero attached hydrogens (tertiary/aromatic N) is 3. The van der Waals surface area contributed by atoms with E-state index in [1.54, 1.807) is 18.7 Å². The third-order valence-electron chi connectivity index (χ3n) is 2.23. The minimum atomic E-state index is 0.674. The lowest BCUT2D eigenvalue weighted by Crippen LogP contribution is -1.93. The zero-order valence-electron chi connectivity index (χ0n) is 9.63. The molecular formula is C12H14N4S. The predicted octanol–water partition coefficient (Wildman–Crippen LogP) is 2.56. The van der Waals surface area contributed by atoms with E-state index in [0.717, 1.165) is 28.5 Å². The third kappa shape index (κ3) is 3.17. The molecule has 2 aromatic heterocycles. The highest BCUT2D eigenvalue weighted by atomic mass is 32.2. The molecule has 2 aromatic rings. The molecular weight excluding hydrogens is 232 g/mol. The monoisotopic (exact) mass is 246 g/mol. The largest absolute Gasteiger partial charge is 0.397 e. The van der Waals surface area contributed by atoms with Gasteiger partial charge in [-0.05, 0) is 18.6 Å². The summed E-state index contributed by atoms with van der Waals surface area (Å²) in [6.45, 7) is 2.13. The van der Waals surface area contributed by atoms with Gasteiger partial charge < -0.3 is 5.73 Å². The van der Waals surface area contributed by atoms with Gasteiger partial charge in [0.1, 0.15) is 11.4 Å². The molecule has 0 aliphatic heterocycles. The Labute approximate surface area is 105 Å². The number of aryl methyl sites for hydroxylation is 1. The van der Waals surface area contributed by atoms with E-state index in [4.69, 9.17) is 5.73 Å². The molecule has 0 bridgehead atoms.